The van der Waals surface area contributed by atoms with Crippen LogP contribution in [-0.4, -0.2) is 24.4 Å². The minimum Gasteiger partial charge on any atom is -0.396 e. The molecular formula is C8H14O2. The van der Waals surface area contributed by atoms with Gasteiger partial charge in [-0.15, -0.1) is 0 Å². The smallest absolute Gasteiger partial charge is 0.0575 e. The normalized spacial score (nSPS) is 45.9. The van der Waals surface area contributed by atoms with E-state index < -0.39 is 0 Å². The molecule has 2 heterocycles. The Morgan fingerprint density at radius 3 is 2.40 bits per heavy atom. The lowest BCUT2D eigenvalue weighted by atomic mass is 9.72. The zero-order valence-electron chi connectivity index (χ0n) is 6.18. The van der Waals surface area contributed by atoms with Crippen LogP contribution in [0.15, 0.2) is 0 Å². The van der Waals surface area contributed by atoms with Crippen molar-refractivity contribution in [3.8, 4) is 0 Å². The predicted molar refractivity (Wildman–Crippen MR) is 37.7 cm³/mol. The van der Waals surface area contributed by atoms with Crippen LogP contribution in [-0.2, 0) is 4.74 Å². The first-order valence-electron chi connectivity index (χ1n) is 4.07. The Morgan fingerprint density at radius 1 is 1.40 bits per heavy atom. The van der Waals surface area contributed by atoms with Crippen molar-refractivity contribution in [2.24, 2.45) is 5.41 Å². The first kappa shape index (κ1) is 6.62. The van der Waals surface area contributed by atoms with E-state index in [2.05, 4.69) is 0 Å². The van der Waals surface area contributed by atoms with Gasteiger partial charge in [0.1, 0.15) is 0 Å². The molecule has 2 nitrogen and oxygen atoms in total. The van der Waals surface area contributed by atoms with E-state index in [0.29, 0.717) is 12.7 Å². The van der Waals surface area contributed by atoms with Crippen LogP contribution in [0.4, 0.5) is 0 Å². The molecule has 0 radical (unpaired) electrons. The van der Waals surface area contributed by atoms with Gasteiger partial charge in [0.05, 0.1) is 19.3 Å². The van der Waals surface area contributed by atoms with Crippen molar-refractivity contribution < 1.29 is 9.84 Å². The molecule has 0 aromatic rings. The largest absolute Gasteiger partial charge is 0.396 e. The van der Waals surface area contributed by atoms with Crippen molar-refractivity contribution in [1.29, 1.82) is 0 Å². The summed E-state index contributed by atoms with van der Waals surface area (Å²) in [5, 5.41) is 9.09. The standard InChI is InChI=1S/C8H14O2/c9-5-8-3-1-7(2-4-8)10-6-8/h7,9H,1-6H2. The first-order chi connectivity index (χ1) is 4.85. The summed E-state index contributed by atoms with van der Waals surface area (Å²) in [4.78, 5) is 0. The molecule has 0 spiro atoms. The molecule has 10 heavy (non-hydrogen) atoms. The number of hydrogen-bond donors (Lipinski definition) is 1. The van der Waals surface area contributed by atoms with Crippen molar-refractivity contribution >= 4 is 0 Å². The highest BCUT2D eigenvalue weighted by atomic mass is 16.5. The van der Waals surface area contributed by atoms with Crippen molar-refractivity contribution in [3.05, 3.63) is 0 Å². The average Bonchev–Trinajstić information content (AvgIpc) is 2.08. The predicted octanol–water partition coefficient (Wildman–Crippen LogP) is 0.938. The Morgan fingerprint density at radius 2 is 2.10 bits per heavy atom. The fraction of sp³-hybridized carbons (Fsp3) is 1.00. The number of aliphatic hydroxyl groups excluding tert-OH is 1. The van der Waals surface area contributed by atoms with Gasteiger partial charge in [0.2, 0.25) is 0 Å². The van der Waals surface area contributed by atoms with E-state index in [0.717, 1.165) is 6.61 Å². The highest BCUT2D eigenvalue weighted by Gasteiger charge is 2.40. The van der Waals surface area contributed by atoms with Crippen molar-refractivity contribution in [2.75, 3.05) is 13.2 Å². The molecule has 0 aromatic carbocycles. The maximum Gasteiger partial charge on any atom is 0.0575 e. The van der Waals surface area contributed by atoms with E-state index >= 15 is 0 Å². The van der Waals surface area contributed by atoms with Gasteiger partial charge in [-0.25, -0.2) is 0 Å². The molecule has 3 fully saturated rings. The molecule has 1 aliphatic carbocycles. The number of aliphatic hydroxyl groups is 1. The second kappa shape index (κ2) is 2.21. The third-order valence-electron chi connectivity index (χ3n) is 2.95. The number of hydrogen-bond acceptors (Lipinski definition) is 2. The summed E-state index contributed by atoms with van der Waals surface area (Å²) in [6, 6.07) is 0. The van der Waals surface area contributed by atoms with Crippen LogP contribution in [0.3, 0.4) is 0 Å². The molecular weight excluding hydrogens is 128 g/mol. The summed E-state index contributed by atoms with van der Waals surface area (Å²) in [5.74, 6) is 0. The topological polar surface area (TPSA) is 29.5 Å². The summed E-state index contributed by atoms with van der Waals surface area (Å²) >= 11 is 0. The zero-order valence-corrected chi connectivity index (χ0v) is 6.18. The van der Waals surface area contributed by atoms with Gasteiger partial charge in [-0.05, 0) is 25.7 Å². The Kier molecular flexibility index (Phi) is 1.46. The van der Waals surface area contributed by atoms with E-state index in [9.17, 15) is 0 Å². The molecule has 2 heteroatoms. The van der Waals surface area contributed by atoms with E-state index in [-0.39, 0.29) is 5.41 Å². The molecule has 2 saturated heterocycles. The van der Waals surface area contributed by atoms with Crippen LogP contribution in [0.25, 0.3) is 0 Å². The summed E-state index contributed by atoms with van der Waals surface area (Å²) in [7, 11) is 0. The maximum atomic E-state index is 9.09. The van der Waals surface area contributed by atoms with Gasteiger partial charge in [-0.3, -0.25) is 0 Å². The minimum absolute atomic E-state index is 0.161. The quantitative estimate of drug-likeness (QED) is 0.590. The molecule has 0 aromatic heterocycles. The molecule has 58 valence electrons. The fourth-order valence-electron chi connectivity index (χ4n) is 2.01. The molecule has 1 saturated carbocycles. The average molecular weight is 142 g/mol. The van der Waals surface area contributed by atoms with Crippen molar-refractivity contribution in [1.82, 2.24) is 0 Å². The van der Waals surface area contributed by atoms with Gasteiger partial charge in [0, 0.05) is 5.41 Å². The maximum absolute atomic E-state index is 9.09. The van der Waals surface area contributed by atoms with Crippen LogP contribution in [0.1, 0.15) is 25.7 Å². The van der Waals surface area contributed by atoms with Crippen LogP contribution >= 0.6 is 0 Å². The van der Waals surface area contributed by atoms with Gasteiger partial charge in [0.15, 0.2) is 0 Å². The SMILES string of the molecule is OCC12CCC(CC1)OC2. The van der Waals surface area contributed by atoms with Crippen LogP contribution in [0.5, 0.6) is 0 Å². The Balaban J connectivity index is 2.08. The van der Waals surface area contributed by atoms with Gasteiger partial charge in [0.25, 0.3) is 0 Å². The molecule has 2 aliphatic heterocycles. The fourth-order valence-corrected chi connectivity index (χ4v) is 2.01. The molecule has 3 aliphatic rings. The van der Waals surface area contributed by atoms with E-state index in [4.69, 9.17) is 9.84 Å². The number of fused-ring (bicyclic) bond motifs is 3. The Labute approximate surface area is 61.2 Å². The van der Waals surface area contributed by atoms with Gasteiger partial charge < -0.3 is 9.84 Å². The van der Waals surface area contributed by atoms with E-state index in [1.165, 1.54) is 25.7 Å². The summed E-state index contributed by atoms with van der Waals surface area (Å²) in [6.07, 6.45) is 5.21. The number of ether oxygens (including phenoxy) is 1. The summed E-state index contributed by atoms with van der Waals surface area (Å²) in [6.45, 7) is 1.12. The second-order valence-electron chi connectivity index (χ2n) is 3.67. The van der Waals surface area contributed by atoms with Crippen LogP contribution in [0, 0.1) is 5.41 Å². The van der Waals surface area contributed by atoms with Crippen molar-refractivity contribution in [2.45, 2.75) is 31.8 Å². The zero-order chi connectivity index (χ0) is 7.03. The van der Waals surface area contributed by atoms with E-state index in [1.807, 2.05) is 0 Å². The van der Waals surface area contributed by atoms with Crippen LogP contribution < -0.4 is 0 Å². The lowest BCUT2D eigenvalue weighted by molar-refractivity contribution is -0.131. The van der Waals surface area contributed by atoms with Crippen molar-refractivity contribution in [3.63, 3.8) is 0 Å². The Bertz CT molecular complexity index is 111. The molecule has 0 unspecified atom stereocenters. The molecule has 3 rings (SSSR count). The lowest BCUT2D eigenvalue weighted by Gasteiger charge is -2.45. The van der Waals surface area contributed by atoms with Gasteiger partial charge in [-0.1, -0.05) is 0 Å². The molecule has 2 bridgehead atoms. The lowest BCUT2D eigenvalue weighted by Crippen LogP contribution is -2.44. The monoisotopic (exact) mass is 142 g/mol. The second-order valence-corrected chi connectivity index (χ2v) is 3.67. The first-order valence-corrected chi connectivity index (χ1v) is 4.07. The number of rotatable bonds is 1. The van der Waals surface area contributed by atoms with E-state index in [1.54, 1.807) is 0 Å². The van der Waals surface area contributed by atoms with Crippen LogP contribution in [0.2, 0.25) is 0 Å². The third kappa shape index (κ3) is 0.867. The molecule has 1 N–H and O–H groups in total. The van der Waals surface area contributed by atoms with Gasteiger partial charge >= 0.3 is 0 Å². The highest BCUT2D eigenvalue weighted by Crippen LogP contribution is 2.42. The summed E-state index contributed by atoms with van der Waals surface area (Å²) in [5.41, 5.74) is 0.161. The molecule has 0 amide bonds. The highest BCUT2D eigenvalue weighted by molar-refractivity contribution is 4.90. The summed E-state index contributed by atoms with van der Waals surface area (Å²) < 4.78 is 5.51. The molecule has 0 atom stereocenters. The third-order valence-corrected chi connectivity index (χ3v) is 2.95. The van der Waals surface area contributed by atoms with Gasteiger partial charge in [-0.2, -0.15) is 0 Å². The minimum atomic E-state index is 0.161. The Hall–Kier alpha value is -0.0800.